The van der Waals surface area contributed by atoms with Crippen molar-refractivity contribution in [2.45, 2.75) is 52.1 Å². The van der Waals surface area contributed by atoms with Crippen LogP contribution in [0.4, 0.5) is 0 Å². The van der Waals surface area contributed by atoms with Crippen LogP contribution in [0.5, 0.6) is 0 Å². The molecule has 0 fully saturated rings. The van der Waals surface area contributed by atoms with Gasteiger partial charge in [0.1, 0.15) is 0 Å². The third-order valence-electron chi connectivity index (χ3n) is 4.18. The van der Waals surface area contributed by atoms with E-state index in [-0.39, 0.29) is 17.7 Å². The first-order chi connectivity index (χ1) is 9.36. The molecule has 1 rings (SSSR count). The van der Waals surface area contributed by atoms with E-state index in [1.807, 2.05) is 51.1 Å². The zero-order valence-corrected chi connectivity index (χ0v) is 13.0. The first kappa shape index (κ1) is 16.7. The zero-order valence-electron chi connectivity index (χ0n) is 13.0. The van der Waals surface area contributed by atoms with Crippen molar-refractivity contribution >= 4 is 5.91 Å². The van der Waals surface area contributed by atoms with Crippen LogP contribution in [-0.2, 0) is 4.79 Å². The summed E-state index contributed by atoms with van der Waals surface area (Å²) < 4.78 is 0. The fourth-order valence-electron chi connectivity index (χ4n) is 2.14. The first-order valence-corrected chi connectivity index (χ1v) is 7.40. The fourth-order valence-corrected chi connectivity index (χ4v) is 2.14. The van der Waals surface area contributed by atoms with Gasteiger partial charge in [-0.2, -0.15) is 0 Å². The Morgan fingerprint density at radius 1 is 1.30 bits per heavy atom. The highest BCUT2D eigenvalue weighted by Gasteiger charge is 2.27. The van der Waals surface area contributed by atoms with Crippen molar-refractivity contribution in [3.8, 4) is 0 Å². The van der Waals surface area contributed by atoms with Crippen LogP contribution in [0.15, 0.2) is 30.3 Å². The topological polar surface area (TPSA) is 49.3 Å². The van der Waals surface area contributed by atoms with Crippen LogP contribution in [-0.4, -0.2) is 23.2 Å². The molecule has 2 N–H and O–H groups in total. The van der Waals surface area contributed by atoms with Crippen molar-refractivity contribution in [2.24, 2.45) is 5.92 Å². The van der Waals surface area contributed by atoms with E-state index in [0.717, 1.165) is 12.0 Å². The molecule has 0 spiro atoms. The third-order valence-corrected chi connectivity index (χ3v) is 4.18. The highest BCUT2D eigenvalue weighted by atomic mass is 16.3. The van der Waals surface area contributed by atoms with Crippen LogP contribution in [0.1, 0.15) is 52.0 Å². The number of benzene rings is 1. The number of hydrogen-bond acceptors (Lipinski definition) is 2. The molecule has 112 valence electrons. The van der Waals surface area contributed by atoms with E-state index >= 15 is 0 Å². The number of rotatable bonds is 7. The standard InChI is InChI=1S/C17H27NO2/c1-5-14(3)17(4,20)12-18-16(19)11-13(2)15-9-7-6-8-10-15/h6-10,13-14,20H,5,11-12H2,1-4H3,(H,18,19). The molecule has 3 atom stereocenters. The van der Waals surface area contributed by atoms with Crippen LogP contribution in [0, 0.1) is 5.92 Å². The summed E-state index contributed by atoms with van der Waals surface area (Å²) >= 11 is 0. The van der Waals surface area contributed by atoms with Gasteiger partial charge in [-0.3, -0.25) is 4.79 Å². The highest BCUT2D eigenvalue weighted by molar-refractivity contribution is 5.76. The molecule has 0 saturated carbocycles. The molecule has 0 aromatic heterocycles. The Kier molecular flexibility index (Phi) is 6.21. The monoisotopic (exact) mass is 277 g/mol. The molecular weight excluding hydrogens is 250 g/mol. The smallest absolute Gasteiger partial charge is 0.220 e. The van der Waals surface area contributed by atoms with Gasteiger partial charge >= 0.3 is 0 Å². The predicted molar refractivity (Wildman–Crippen MR) is 82.6 cm³/mol. The Labute approximate surface area is 122 Å². The highest BCUT2D eigenvalue weighted by Crippen LogP contribution is 2.20. The van der Waals surface area contributed by atoms with Crippen molar-refractivity contribution in [3.05, 3.63) is 35.9 Å². The lowest BCUT2D eigenvalue weighted by Gasteiger charge is -2.30. The second-order valence-electron chi connectivity index (χ2n) is 5.96. The number of amides is 1. The molecule has 20 heavy (non-hydrogen) atoms. The van der Waals surface area contributed by atoms with E-state index in [1.165, 1.54) is 0 Å². The fraction of sp³-hybridized carbons (Fsp3) is 0.588. The second-order valence-corrected chi connectivity index (χ2v) is 5.96. The maximum absolute atomic E-state index is 12.0. The van der Waals surface area contributed by atoms with Gasteiger partial charge in [0, 0.05) is 13.0 Å². The summed E-state index contributed by atoms with van der Waals surface area (Å²) in [5, 5.41) is 13.1. The minimum atomic E-state index is -0.847. The Bertz CT molecular complexity index is 414. The van der Waals surface area contributed by atoms with Gasteiger partial charge in [-0.15, -0.1) is 0 Å². The van der Waals surface area contributed by atoms with Gasteiger partial charge in [0.25, 0.3) is 0 Å². The Hall–Kier alpha value is -1.35. The van der Waals surface area contributed by atoms with Crippen molar-refractivity contribution in [1.82, 2.24) is 5.32 Å². The molecule has 3 unspecified atom stereocenters. The third kappa shape index (κ3) is 4.97. The minimum absolute atomic E-state index is 0.00932. The van der Waals surface area contributed by atoms with Crippen molar-refractivity contribution in [3.63, 3.8) is 0 Å². The number of nitrogens with one attached hydrogen (secondary N) is 1. The van der Waals surface area contributed by atoms with E-state index in [0.29, 0.717) is 13.0 Å². The van der Waals surface area contributed by atoms with Gasteiger partial charge in [-0.1, -0.05) is 57.5 Å². The Morgan fingerprint density at radius 2 is 1.90 bits per heavy atom. The summed E-state index contributed by atoms with van der Waals surface area (Å²) in [5.41, 5.74) is 0.316. The van der Waals surface area contributed by atoms with Crippen molar-refractivity contribution in [2.75, 3.05) is 6.54 Å². The van der Waals surface area contributed by atoms with Gasteiger partial charge in [-0.25, -0.2) is 0 Å². The molecule has 1 aromatic rings. The van der Waals surface area contributed by atoms with Crippen LogP contribution in [0.2, 0.25) is 0 Å². The predicted octanol–water partition coefficient (Wildman–Crippen LogP) is 3.09. The van der Waals surface area contributed by atoms with Crippen LogP contribution >= 0.6 is 0 Å². The number of carbonyl (C=O) groups excluding carboxylic acids is 1. The largest absolute Gasteiger partial charge is 0.388 e. The molecule has 1 aromatic carbocycles. The molecule has 0 aliphatic rings. The number of hydrogen-bond donors (Lipinski definition) is 2. The van der Waals surface area contributed by atoms with E-state index < -0.39 is 5.60 Å². The molecule has 0 radical (unpaired) electrons. The minimum Gasteiger partial charge on any atom is -0.388 e. The van der Waals surface area contributed by atoms with Gasteiger partial charge in [0.2, 0.25) is 5.91 Å². The zero-order chi connectivity index (χ0) is 15.2. The van der Waals surface area contributed by atoms with E-state index in [1.54, 1.807) is 6.92 Å². The first-order valence-electron chi connectivity index (χ1n) is 7.40. The molecule has 0 aliphatic carbocycles. The normalized spacial score (nSPS) is 17.1. The quantitative estimate of drug-likeness (QED) is 0.804. The lowest BCUT2D eigenvalue weighted by molar-refractivity contribution is -0.123. The van der Waals surface area contributed by atoms with E-state index in [9.17, 15) is 9.90 Å². The molecule has 3 heteroatoms. The Morgan fingerprint density at radius 3 is 2.45 bits per heavy atom. The lowest BCUT2D eigenvalue weighted by atomic mass is 9.88. The van der Waals surface area contributed by atoms with E-state index in [4.69, 9.17) is 0 Å². The molecule has 0 saturated heterocycles. The maximum Gasteiger partial charge on any atom is 0.220 e. The molecule has 0 aliphatic heterocycles. The van der Waals surface area contributed by atoms with E-state index in [2.05, 4.69) is 5.32 Å². The number of carbonyl (C=O) groups is 1. The van der Waals surface area contributed by atoms with Crippen molar-refractivity contribution in [1.29, 1.82) is 0 Å². The summed E-state index contributed by atoms with van der Waals surface area (Å²) in [7, 11) is 0. The molecule has 3 nitrogen and oxygen atoms in total. The summed E-state index contributed by atoms with van der Waals surface area (Å²) in [6.45, 7) is 8.17. The van der Waals surface area contributed by atoms with Gasteiger partial charge < -0.3 is 10.4 Å². The van der Waals surface area contributed by atoms with Crippen LogP contribution in [0.3, 0.4) is 0 Å². The molecular formula is C17H27NO2. The average Bonchev–Trinajstić information content (AvgIpc) is 2.45. The molecule has 1 amide bonds. The maximum atomic E-state index is 12.0. The average molecular weight is 277 g/mol. The van der Waals surface area contributed by atoms with Gasteiger partial charge in [0.15, 0.2) is 0 Å². The van der Waals surface area contributed by atoms with Crippen molar-refractivity contribution < 1.29 is 9.90 Å². The molecule has 0 heterocycles. The number of aliphatic hydroxyl groups is 1. The second kappa shape index (κ2) is 7.44. The summed E-state index contributed by atoms with van der Waals surface area (Å²) in [6.07, 6.45) is 1.34. The summed E-state index contributed by atoms with van der Waals surface area (Å²) in [4.78, 5) is 12.0. The van der Waals surface area contributed by atoms with Gasteiger partial charge in [-0.05, 0) is 24.3 Å². The van der Waals surface area contributed by atoms with Crippen LogP contribution in [0.25, 0.3) is 0 Å². The van der Waals surface area contributed by atoms with Gasteiger partial charge in [0.05, 0.1) is 5.60 Å². The SMILES string of the molecule is CCC(C)C(C)(O)CNC(=O)CC(C)c1ccccc1. The lowest BCUT2D eigenvalue weighted by Crippen LogP contribution is -2.45. The summed E-state index contributed by atoms with van der Waals surface area (Å²) in [6, 6.07) is 10.0. The Balaban J connectivity index is 2.45. The molecule has 0 bridgehead atoms. The summed E-state index contributed by atoms with van der Waals surface area (Å²) in [5.74, 6) is 0.337. The van der Waals surface area contributed by atoms with Crippen LogP contribution < -0.4 is 5.32 Å².